The molecule has 1 unspecified atom stereocenters. The third-order valence-corrected chi connectivity index (χ3v) is 3.46. The first-order chi connectivity index (χ1) is 8.09. The number of rotatable bonds is 4. The molecule has 1 N–H and O–H groups in total. The highest BCUT2D eigenvalue weighted by molar-refractivity contribution is 5.74. The predicted octanol–water partition coefficient (Wildman–Crippen LogP) is 2.20. The van der Waals surface area contributed by atoms with Gasteiger partial charge in [0.25, 0.3) is 0 Å². The summed E-state index contributed by atoms with van der Waals surface area (Å²) >= 11 is 0. The van der Waals surface area contributed by atoms with E-state index in [1.165, 1.54) is 5.56 Å². The maximum absolute atomic E-state index is 11.2. The molecule has 3 heteroatoms. The van der Waals surface area contributed by atoms with Gasteiger partial charge in [-0.05, 0) is 11.5 Å². The lowest BCUT2D eigenvalue weighted by atomic mass is 9.88. The monoisotopic (exact) mass is 233 g/mol. The third kappa shape index (κ3) is 2.50. The van der Waals surface area contributed by atoms with Gasteiger partial charge in [-0.1, -0.05) is 44.2 Å². The number of carboxylic acids is 1. The zero-order valence-corrected chi connectivity index (χ0v) is 10.3. The molecule has 92 valence electrons. The number of hydrogen-bond acceptors (Lipinski definition) is 2. The van der Waals surface area contributed by atoms with Crippen molar-refractivity contribution in [2.45, 2.75) is 25.8 Å². The molecule has 2 rings (SSSR count). The normalized spacial score (nSPS) is 19.0. The minimum atomic E-state index is -0.702. The van der Waals surface area contributed by atoms with Gasteiger partial charge < -0.3 is 5.11 Å². The molecule has 1 saturated heterocycles. The number of aliphatic carboxylic acids is 1. The summed E-state index contributed by atoms with van der Waals surface area (Å²) in [5.74, 6) is -0.0486. The van der Waals surface area contributed by atoms with Crippen LogP contribution < -0.4 is 0 Å². The first-order valence-electron chi connectivity index (χ1n) is 6.11. The van der Waals surface area contributed by atoms with Crippen LogP contribution in [-0.4, -0.2) is 35.1 Å². The maximum Gasteiger partial charge on any atom is 0.321 e. The summed E-state index contributed by atoms with van der Waals surface area (Å²) in [7, 11) is 0. The lowest BCUT2D eigenvalue weighted by molar-refractivity contribution is -0.147. The van der Waals surface area contributed by atoms with Crippen molar-refractivity contribution in [2.75, 3.05) is 13.1 Å². The lowest BCUT2D eigenvalue weighted by Gasteiger charge is -2.44. The molecule has 17 heavy (non-hydrogen) atoms. The van der Waals surface area contributed by atoms with Crippen molar-refractivity contribution in [3.8, 4) is 0 Å². The van der Waals surface area contributed by atoms with E-state index in [-0.39, 0.29) is 12.0 Å². The van der Waals surface area contributed by atoms with Gasteiger partial charge in [-0.3, -0.25) is 9.69 Å². The molecule has 0 saturated carbocycles. The lowest BCUT2D eigenvalue weighted by Crippen LogP contribution is -2.55. The van der Waals surface area contributed by atoms with Gasteiger partial charge >= 0.3 is 5.97 Å². The molecule has 0 aromatic heterocycles. The SMILES string of the molecule is CC(C)C(C(=O)O)N1CC(c2ccccc2)C1. The molecule has 0 amide bonds. The third-order valence-electron chi connectivity index (χ3n) is 3.46. The van der Waals surface area contributed by atoms with E-state index < -0.39 is 5.97 Å². The number of carboxylic acid groups (broad SMARTS) is 1. The van der Waals surface area contributed by atoms with E-state index in [4.69, 9.17) is 0 Å². The van der Waals surface area contributed by atoms with Gasteiger partial charge in [0.05, 0.1) is 0 Å². The second kappa shape index (κ2) is 4.88. The Morgan fingerprint density at radius 1 is 1.29 bits per heavy atom. The van der Waals surface area contributed by atoms with Crippen LogP contribution in [0.1, 0.15) is 25.3 Å². The Morgan fingerprint density at radius 2 is 1.88 bits per heavy atom. The van der Waals surface area contributed by atoms with Gasteiger partial charge in [0.15, 0.2) is 0 Å². The highest BCUT2D eigenvalue weighted by Crippen LogP contribution is 2.30. The summed E-state index contributed by atoms with van der Waals surface area (Å²) in [6, 6.07) is 9.98. The number of likely N-dealkylation sites (tertiary alicyclic amines) is 1. The van der Waals surface area contributed by atoms with Crippen molar-refractivity contribution in [3.05, 3.63) is 35.9 Å². The topological polar surface area (TPSA) is 40.5 Å². The molecule has 3 nitrogen and oxygen atoms in total. The van der Waals surface area contributed by atoms with Gasteiger partial charge in [-0.25, -0.2) is 0 Å². The predicted molar refractivity (Wildman–Crippen MR) is 67.0 cm³/mol. The summed E-state index contributed by atoms with van der Waals surface area (Å²) in [4.78, 5) is 13.2. The Labute approximate surface area is 102 Å². The summed E-state index contributed by atoms with van der Waals surface area (Å²) < 4.78 is 0. The van der Waals surface area contributed by atoms with Crippen LogP contribution >= 0.6 is 0 Å². The fourth-order valence-electron chi connectivity index (χ4n) is 2.54. The highest BCUT2D eigenvalue weighted by Gasteiger charge is 2.38. The molecule has 1 aliphatic rings. The number of benzene rings is 1. The van der Waals surface area contributed by atoms with E-state index in [0.29, 0.717) is 5.92 Å². The van der Waals surface area contributed by atoms with E-state index in [1.807, 2.05) is 32.0 Å². The van der Waals surface area contributed by atoms with E-state index in [1.54, 1.807) is 0 Å². The van der Waals surface area contributed by atoms with Crippen LogP contribution in [0.4, 0.5) is 0 Å². The fourth-order valence-corrected chi connectivity index (χ4v) is 2.54. The van der Waals surface area contributed by atoms with Crippen molar-refractivity contribution in [1.82, 2.24) is 4.90 Å². The largest absolute Gasteiger partial charge is 0.480 e. The van der Waals surface area contributed by atoms with Gasteiger partial charge in [0, 0.05) is 19.0 Å². The molecule has 1 atom stereocenters. The van der Waals surface area contributed by atoms with Crippen LogP contribution in [0.25, 0.3) is 0 Å². The number of hydrogen-bond donors (Lipinski definition) is 1. The van der Waals surface area contributed by atoms with Crippen molar-refractivity contribution < 1.29 is 9.90 Å². The highest BCUT2D eigenvalue weighted by atomic mass is 16.4. The molecule has 1 aromatic rings. The number of nitrogens with zero attached hydrogens (tertiary/aromatic N) is 1. The van der Waals surface area contributed by atoms with Crippen LogP contribution in [0, 0.1) is 5.92 Å². The average Bonchev–Trinajstić information content (AvgIpc) is 2.22. The van der Waals surface area contributed by atoms with E-state index in [9.17, 15) is 9.90 Å². The molecule has 0 radical (unpaired) electrons. The van der Waals surface area contributed by atoms with Gasteiger partial charge in [-0.2, -0.15) is 0 Å². The minimum Gasteiger partial charge on any atom is -0.480 e. The first kappa shape index (κ1) is 12.1. The molecule has 0 spiro atoms. The molecular formula is C14H19NO2. The van der Waals surface area contributed by atoms with Gasteiger partial charge in [0.1, 0.15) is 6.04 Å². The minimum absolute atomic E-state index is 0.157. The first-order valence-corrected chi connectivity index (χ1v) is 6.11. The van der Waals surface area contributed by atoms with Crippen LogP contribution in [0.15, 0.2) is 30.3 Å². The number of carbonyl (C=O) groups is 1. The van der Waals surface area contributed by atoms with Gasteiger partial charge in [0.2, 0.25) is 0 Å². The quantitative estimate of drug-likeness (QED) is 0.866. The Kier molecular flexibility index (Phi) is 3.48. The van der Waals surface area contributed by atoms with Crippen molar-refractivity contribution in [1.29, 1.82) is 0 Å². The van der Waals surface area contributed by atoms with Crippen molar-refractivity contribution in [3.63, 3.8) is 0 Å². The molecule has 1 fully saturated rings. The Bertz CT molecular complexity index is 382. The van der Waals surface area contributed by atoms with Crippen LogP contribution in [-0.2, 0) is 4.79 Å². The van der Waals surface area contributed by atoms with Gasteiger partial charge in [-0.15, -0.1) is 0 Å². The Balaban J connectivity index is 1.96. The molecule has 0 bridgehead atoms. The van der Waals surface area contributed by atoms with E-state index in [2.05, 4.69) is 17.0 Å². The second-order valence-corrected chi connectivity index (χ2v) is 5.09. The molecule has 1 aromatic carbocycles. The summed E-state index contributed by atoms with van der Waals surface area (Å²) in [5.41, 5.74) is 1.32. The van der Waals surface area contributed by atoms with E-state index in [0.717, 1.165) is 13.1 Å². The average molecular weight is 233 g/mol. The summed E-state index contributed by atoms with van der Waals surface area (Å²) in [5, 5.41) is 9.19. The summed E-state index contributed by atoms with van der Waals surface area (Å²) in [6.45, 7) is 5.65. The zero-order chi connectivity index (χ0) is 12.4. The summed E-state index contributed by atoms with van der Waals surface area (Å²) in [6.07, 6.45) is 0. The van der Waals surface area contributed by atoms with Crippen molar-refractivity contribution in [2.24, 2.45) is 5.92 Å². The molecular weight excluding hydrogens is 214 g/mol. The standard InChI is InChI=1S/C14H19NO2/c1-10(2)13(14(16)17)15-8-12(9-15)11-6-4-3-5-7-11/h3-7,10,12-13H,8-9H2,1-2H3,(H,16,17). The zero-order valence-electron chi connectivity index (χ0n) is 10.3. The van der Waals surface area contributed by atoms with Crippen LogP contribution in [0.5, 0.6) is 0 Å². The maximum atomic E-state index is 11.2. The molecule has 0 aliphatic carbocycles. The van der Waals surface area contributed by atoms with Crippen molar-refractivity contribution >= 4 is 5.97 Å². The molecule has 1 heterocycles. The van der Waals surface area contributed by atoms with E-state index >= 15 is 0 Å². The Morgan fingerprint density at radius 3 is 2.35 bits per heavy atom. The molecule has 1 aliphatic heterocycles. The second-order valence-electron chi connectivity index (χ2n) is 5.09. The van der Waals surface area contributed by atoms with Crippen LogP contribution in [0.3, 0.4) is 0 Å². The Hall–Kier alpha value is -1.35. The smallest absolute Gasteiger partial charge is 0.321 e. The fraction of sp³-hybridized carbons (Fsp3) is 0.500. The van der Waals surface area contributed by atoms with Crippen LogP contribution in [0.2, 0.25) is 0 Å².